The largest absolute Gasteiger partial charge is 0.460 e. The fraction of sp³-hybridized carbons (Fsp3) is 0.806. The summed E-state index contributed by atoms with van der Waals surface area (Å²) in [5.74, 6) is 2.27. The van der Waals surface area contributed by atoms with E-state index in [4.69, 9.17) is 4.74 Å². The molecule has 3 nitrogen and oxygen atoms in total. The van der Waals surface area contributed by atoms with Gasteiger partial charge in [0.25, 0.3) is 0 Å². The second-order valence-electron chi connectivity index (χ2n) is 14.7. The van der Waals surface area contributed by atoms with E-state index < -0.39 is 0 Å². The maximum atomic E-state index is 13.9. The second kappa shape index (κ2) is 13.1. The third-order valence-electron chi connectivity index (χ3n) is 11.7. The van der Waals surface area contributed by atoms with Crippen LogP contribution in [0.4, 0.5) is 0 Å². The molecule has 3 aliphatic carbocycles. The summed E-state index contributed by atoms with van der Waals surface area (Å²) in [6.45, 7) is 21.0. The molecule has 0 aromatic carbocycles. The quantitative estimate of drug-likeness (QED) is 0.180. The summed E-state index contributed by atoms with van der Waals surface area (Å²) in [6, 6.07) is 0. The van der Waals surface area contributed by atoms with E-state index in [1.165, 1.54) is 18.4 Å². The molecule has 3 fully saturated rings. The number of rotatable bonds is 9. The number of aliphatic hydroxyl groups excluding tert-OH is 1. The average Bonchev–Trinajstić information content (AvgIpc) is 2.90. The monoisotopic (exact) mass is 540 g/mol. The zero-order valence-corrected chi connectivity index (χ0v) is 26.8. The fourth-order valence-corrected chi connectivity index (χ4v) is 8.60. The number of carbonyl (C=O) groups excluding carboxylic acids is 1. The van der Waals surface area contributed by atoms with E-state index in [0.717, 1.165) is 56.9 Å². The number of hydrogen-bond donors (Lipinski definition) is 1. The van der Waals surface area contributed by atoms with E-state index in [0.29, 0.717) is 30.3 Å². The lowest BCUT2D eigenvalue weighted by Gasteiger charge is -2.53. The van der Waals surface area contributed by atoms with Crippen molar-refractivity contribution in [2.45, 2.75) is 133 Å². The van der Waals surface area contributed by atoms with Gasteiger partial charge in [-0.05, 0) is 118 Å². The Labute approximate surface area is 240 Å². The minimum absolute atomic E-state index is 0.0303. The van der Waals surface area contributed by atoms with Crippen LogP contribution in [0.2, 0.25) is 0 Å². The molecule has 3 aliphatic rings. The van der Waals surface area contributed by atoms with Gasteiger partial charge in [-0.3, -0.25) is 4.79 Å². The first-order chi connectivity index (χ1) is 18.3. The van der Waals surface area contributed by atoms with Crippen LogP contribution in [-0.2, 0) is 9.53 Å². The van der Waals surface area contributed by atoms with Crippen LogP contribution in [0.5, 0.6) is 0 Å². The first-order valence-corrected chi connectivity index (χ1v) is 16.2. The molecular weight excluding hydrogens is 480 g/mol. The lowest BCUT2D eigenvalue weighted by molar-refractivity contribution is -0.165. The van der Waals surface area contributed by atoms with Gasteiger partial charge in [0, 0.05) is 0 Å². The van der Waals surface area contributed by atoms with Crippen molar-refractivity contribution < 1.29 is 14.6 Å². The smallest absolute Gasteiger partial charge is 0.313 e. The zero-order valence-electron chi connectivity index (χ0n) is 26.8. The number of aliphatic hydroxyl groups is 1. The minimum atomic E-state index is -0.385. The predicted octanol–water partition coefficient (Wildman–Crippen LogP) is 9.46. The van der Waals surface area contributed by atoms with Crippen LogP contribution in [0.3, 0.4) is 0 Å². The number of carbonyl (C=O) groups is 1. The van der Waals surface area contributed by atoms with Crippen molar-refractivity contribution in [1.82, 2.24) is 0 Å². The summed E-state index contributed by atoms with van der Waals surface area (Å²) in [5.41, 5.74) is 2.68. The van der Waals surface area contributed by atoms with Gasteiger partial charge in [-0.15, -0.1) is 0 Å². The highest BCUT2D eigenvalue weighted by molar-refractivity contribution is 5.78. The maximum absolute atomic E-state index is 13.9. The van der Waals surface area contributed by atoms with Crippen molar-refractivity contribution >= 4 is 5.97 Å². The zero-order chi connectivity index (χ0) is 29.0. The van der Waals surface area contributed by atoms with Crippen LogP contribution < -0.4 is 0 Å². The van der Waals surface area contributed by atoms with Crippen molar-refractivity contribution in [2.24, 2.45) is 45.8 Å². The lowest BCUT2D eigenvalue weighted by atomic mass is 9.51. The third kappa shape index (κ3) is 6.77. The van der Waals surface area contributed by atoms with Gasteiger partial charge in [0.1, 0.15) is 6.61 Å². The summed E-state index contributed by atoms with van der Waals surface area (Å²) in [7, 11) is 0. The summed E-state index contributed by atoms with van der Waals surface area (Å²) < 4.78 is 6.09. The Morgan fingerprint density at radius 2 is 1.82 bits per heavy atom. The van der Waals surface area contributed by atoms with Gasteiger partial charge >= 0.3 is 5.97 Å². The first-order valence-electron chi connectivity index (χ1n) is 16.2. The molecule has 39 heavy (non-hydrogen) atoms. The molecule has 3 rings (SSSR count). The van der Waals surface area contributed by atoms with Crippen molar-refractivity contribution in [3.63, 3.8) is 0 Å². The van der Waals surface area contributed by atoms with E-state index >= 15 is 0 Å². The Bertz CT molecular complexity index is 926. The standard InChI is InChI=1S/C36H60O3/c1-10-13-28(12-3)24-39-33(38)36-20-17-25(4)29(31(36)23-34(7,8)21-22-36)16-15-26(5)35(9)19-18-32(37)27(6)30(35)14-11-2/h10,12-13,16,25-27,30-32,37H,11,14-15,17-24H2,1-9H3/b13-10-,28-12+,29-16+/t25?,26?,27?,30?,31-,32-,35+,36+/m0/s1. The average molecular weight is 541 g/mol. The fourth-order valence-electron chi connectivity index (χ4n) is 8.60. The van der Waals surface area contributed by atoms with Crippen molar-refractivity contribution in [1.29, 1.82) is 0 Å². The lowest BCUT2D eigenvalue weighted by Crippen LogP contribution is -2.50. The Kier molecular flexibility index (Phi) is 10.8. The summed E-state index contributed by atoms with van der Waals surface area (Å²) >= 11 is 0. The molecule has 8 atom stereocenters. The molecular formula is C36H60O3. The number of fused-ring (bicyclic) bond motifs is 1. The number of hydrogen-bond acceptors (Lipinski definition) is 3. The molecule has 0 aliphatic heterocycles. The second-order valence-corrected chi connectivity index (χ2v) is 14.7. The van der Waals surface area contributed by atoms with Crippen LogP contribution in [0.25, 0.3) is 0 Å². The van der Waals surface area contributed by atoms with E-state index in [9.17, 15) is 9.90 Å². The van der Waals surface area contributed by atoms with Gasteiger partial charge in [-0.25, -0.2) is 0 Å². The summed E-state index contributed by atoms with van der Waals surface area (Å²) in [5, 5.41) is 10.7. The predicted molar refractivity (Wildman–Crippen MR) is 164 cm³/mol. The van der Waals surface area contributed by atoms with E-state index in [2.05, 4.69) is 54.5 Å². The van der Waals surface area contributed by atoms with Gasteiger partial charge in [-0.1, -0.05) is 84.8 Å². The summed E-state index contributed by atoms with van der Waals surface area (Å²) in [4.78, 5) is 13.9. The van der Waals surface area contributed by atoms with Crippen LogP contribution in [-0.4, -0.2) is 23.8 Å². The van der Waals surface area contributed by atoms with Crippen LogP contribution in [0.1, 0.15) is 127 Å². The summed E-state index contributed by atoms with van der Waals surface area (Å²) in [6.07, 6.45) is 19.1. The molecule has 0 saturated heterocycles. The van der Waals surface area contributed by atoms with Gasteiger partial charge < -0.3 is 9.84 Å². The molecule has 4 unspecified atom stereocenters. The maximum Gasteiger partial charge on any atom is 0.313 e. The SMILES string of the molecule is C/C=C\C(=C/C)COC(=O)[C@@]12CCC(C)/C(=C\CC(C)[C@@]3(C)CC[C@H](O)C(C)C3CCC)[C@@H]1CC(C)(C)CC2. The van der Waals surface area contributed by atoms with Crippen LogP contribution in [0, 0.1) is 45.8 Å². The number of esters is 1. The van der Waals surface area contributed by atoms with Crippen molar-refractivity contribution in [3.8, 4) is 0 Å². The molecule has 0 bridgehead atoms. The van der Waals surface area contributed by atoms with Crippen LogP contribution in [0.15, 0.2) is 35.5 Å². The highest BCUT2D eigenvalue weighted by Crippen LogP contribution is 2.59. The van der Waals surface area contributed by atoms with E-state index in [1.807, 2.05) is 32.1 Å². The minimum Gasteiger partial charge on any atom is -0.460 e. The van der Waals surface area contributed by atoms with E-state index in [1.54, 1.807) is 0 Å². The Morgan fingerprint density at radius 3 is 2.46 bits per heavy atom. The molecule has 0 spiro atoms. The normalized spacial score (nSPS) is 39.0. The molecule has 0 amide bonds. The van der Waals surface area contributed by atoms with Gasteiger partial charge in [0.15, 0.2) is 0 Å². The van der Waals surface area contributed by atoms with E-state index in [-0.39, 0.29) is 34.2 Å². The highest BCUT2D eigenvalue weighted by atomic mass is 16.5. The van der Waals surface area contributed by atoms with Crippen molar-refractivity contribution in [3.05, 3.63) is 35.5 Å². The molecule has 0 aromatic rings. The third-order valence-corrected chi connectivity index (χ3v) is 11.7. The van der Waals surface area contributed by atoms with Gasteiger partial charge in [-0.2, -0.15) is 0 Å². The highest BCUT2D eigenvalue weighted by Gasteiger charge is 2.55. The molecule has 1 N–H and O–H groups in total. The van der Waals surface area contributed by atoms with Crippen molar-refractivity contribution in [2.75, 3.05) is 6.61 Å². The molecule has 0 aromatic heterocycles. The molecule has 3 saturated carbocycles. The Hall–Kier alpha value is -1.35. The number of ether oxygens (including phenoxy) is 1. The first kappa shape index (κ1) is 32.2. The Morgan fingerprint density at radius 1 is 1.10 bits per heavy atom. The molecule has 0 heterocycles. The molecule has 3 heteroatoms. The Balaban J connectivity index is 1.89. The van der Waals surface area contributed by atoms with Gasteiger partial charge in [0.2, 0.25) is 0 Å². The molecule has 222 valence electrons. The molecule has 0 radical (unpaired) electrons. The van der Waals surface area contributed by atoms with Gasteiger partial charge in [0.05, 0.1) is 11.5 Å². The number of allylic oxidation sites excluding steroid dienone is 4. The topological polar surface area (TPSA) is 46.5 Å². The van der Waals surface area contributed by atoms with Crippen LogP contribution >= 0.6 is 0 Å².